The van der Waals surface area contributed by atoms with Gasteiger partial charge in [-0.25, -0.2) is 0 Å². The second-order valence-corrected chi connectivity index (χ2v) is 8.13. The van der Waals surface area contributed by atoms with Crippen LogP contribution in [0.15, 0.2) is 95.4 Å². The molecule has 150 valence electrons. The predicted octanol–water partition coefficient (Wildman–Crippen LogP) is 7.96. The van der Waals surface area contributed by atoms with Gasteiger partial charge in [-0.3, -0.25) is 10.1 Å². The van der Waals surface area contributed by atoms with E-state index in [1.807, 2.05) is 78.9 Å². The number of nitrogens with zero attached hydrogens (tertiary/aromatic N) is 1. The van der Waals surface area contributed by atoms with E-state index in [-0.39, 0.29) is 10.6 Å². The van der Waals surface area contributed by atoms with E-state index in [4.69, 9.17) is 4.42 Å². The van der Waals surface area contributed by atoms with Crippen molar-refractivity contribution in [2.45, 2.75) is 0 Å². The fraction of sp³-hybridized carbons (Fsp3) is 0. The average molecular weight is 413 g/mol. The van der Waals surface area contributed by atoms with Crippen molar-refractivity contribution in [2.24, 2.45) is 0 Å². The van der Waals surface area contributed by atoms with Gasteiger partial charge in [0.25, 0.3) is 5.69 Å². The van der Waals surface area contributed by atoms with Gasteiger partial charge in [-0.2, -0.15) is 0 Å². The zero-order valence-electron chi connectivity index (χ0n) is 16.8. The molecule has 1 heterocycles. The minimum absolute atomic E-state index is 0.117. The largest absolute Gasteiger partial charge is 0.455 e. The van der Waals surface area contributed by atoms with Crippen molar-refractivity contribution >= 4 is 38.4 Å². The second kappa shape index (κ2) is 6.05. The summed E-state index contributed by atoms with van der Waals surface area (Å²) >= 11 is 0. The summed E-state index contributed by atoms with van der Waals surface area (Å²) < 4.78 is 6.22. The number of fused-ring (bicyclic) bond motifs is 6. The summed E-state index contributed by atoms with van der Waals surface area (Å²) in [5, 5.41) is 16.0. The standard InChI is InChI=1S/C28H15NO3/c30-29(31)27-22-13-5-10-19-16-7-1-2-8-17(16)23(26(19)22)15-24(27)21-12-6-11-20-18-9-3-4-14-25(18)32-28(20)21/h1-15H. The van der Waals surface area contributed by atoms with Crippen molar-refractivity contribution < 1.29 is 9.34 Å². The minimum Gasteiger partial charge on any atom is -0.455 e. The zero-order chi connectivity index (χ0) is 21.4. The first-order valence-electron chi connectivity index (χ1n) is 10.5. The van der Waals surface area contributed by atoms with Crippen molar-refractivity contribution in [3.05, 3.63) is 101 Å². The van der Waals surface area contributed by atoms with Crippen molar-refractivity contribution in [3.8, 4) is 33.4 Å². The Kier molecular flexibility index (Phi) is 3.26. The maximum atomic E-state index is 12.4. The van der Waals surface area contributed by atoms with E-state index < -0.39 is 0 Å². The molecule has 6 aromatic rings. The summed E-state index contributed by atoms with van der Waals surface area (Å²) in [5.74, 6) is 0. The molecule has 0 N–H and O–H groups in total. The molecule has 0 aliphatic heterocycles. The quantitative estimate of drug-likeness (QED) is 0.213. The molecule has 0 saturated heterocycles. The van der Waals surface area contributed by atoms with Crippen LogP contribution in [0.3, 0.4) is 0 Å². The maximum Gasteiger partial charge on any atom is 0.285 e. The summed E-state index contributed by atoms with van der Waals surface area (Å²) in [7, 11) is 0. The van der Waals surface area contributed by atoms with Crippen LogP contribution in [-0.4, -0.2) is 4.92 Å². The first kappa shape index (κ1) is 17.3. The molecule has 4 heteroatoms. The van der Waals surface area contributed by atoms with E-state index in [1.165, 1.54) is 0 Å². The minimum atomic E-state index is -0.261. The molecule has 0 atom stereocenters. The molecule has 0 fully saturated rings. The van der Waals surface area contributed by atoms with Gasteiger partial charge in [0, 0.05) is 21.7 Å². The molecular weight excluding hydrogens is 398 g/mol. The van der Waals surface area contributed by atoms with Crippen LogP contribution in [0.25, 0.3) is 66.1 Å². The van der Waals surface area contributed by atoms with Crippen molar-refractivity contribution in [1.29, 1.82) is 0 Å². The monoisotopic (exact) mass is 413 g/mol. The number of rotatable bonds is 2. The van der Waals surface area contributed by atoms with Gasteiger partial charge < -0.3 is 4.42 Å². The van der Waals surface area contributed by atoms with Crippen molar-refractivity contribution in [1.82, 2.24) is 0 Å². The highest BCUT2D eigenvalue weighted by Gasteiger charge is 2.30. The number of nitro groups is 1. The Morgan fingerprint density at radius 2 is 1.22 bits per heavy atom. The molecule has 0 saturated carbocycles. The fourth-order valence-electron chi connectivity index (χ4n) is 5.22. The summed E-state index contributed by atoms with van der Waals surface area (Å²) in [4.78, 5) is 12.1. The van der Waals surface area contributed by atoms with Gasteiger partial charge in [0.2, 0.25) is 0 Å². The van der Waals surface area contributed by atoms with Gasteiger partial charge in [0.05, 0.1) is 15.9 Å². The lowest BCUT2D eigenvalue weighted by molar-refractivity contribution is -0.382. The lowest BCUT2D eigenvalue weighted by Crippen LogP contribution is -1.95. The molecule has 7 rings (SSSR count). The van der Waals surface area contributed by atoms with Gasteiger partial charge in [0.1, 0.15) is 11.2 Å². The third-order valence-corrected chi connectivity index (χ3v) is 6.52. The highest BCUT2D eigenvalue weighted by molar-refractivity contribution is 6.21. The van der Waals surface area contributed by atoms with Gasteiger partial charge in [-0.05, 0) is 40.5 Å². The SMILES string of the molecule is O=[N+]([O-])c1c(-c2cccc3c2oc2ccccc23)cc2c3c(cccc13)-c1ccccc1-2. The number of para-hydroxylation sites is 2. The van der Waals surface area contributed by atoms with E-state index in [1.54, 1.807) is 0 Å². The highest BCUT2D eigenvalue weighted by Crippen LogP contribution is 2.52. The average Bonchev–Trinajstić information content (AvgIpc) is 3.36. The molecule has 4 nitrogen and oxygen atoms in total. The molecule has 0 radical (unpaired) electrons. The van der Waals surface area contributed by atoms with Gasteiger partial charge in [0.15, 0.2) is 0 Å². The molecule has 1 aliphatic rings. The smallest absolute Gasteiger partial charge is 0.285 e. The number of hydrogen-bond donors (Lipinski definition) is 0. The number of hydrogen-bond acceptors (Lipinski definition) is 3. The van der Waals surface area contributed by atoms with Crippen LogP contribution in [0.4, 0.5) is 5.69 Å². The normalized spacial score (nSPS) is 12.0. The number of furan rings is 1. The molecule has 1 aliphatic carbocycles. The van der Waals surface area contributed by atoms with E-state index in [0.717, 1.165) is 49.6 Å². The Bertz CT molecular complexity index is 1760. The van der Waals surface area contributed by atoms with Crippen LogP contribution in [0.5, 0.6) is 0 Å². The Labute approximate surface area is 182 Å². The van der Waals surface area contributed by atoms with Crippen LogP contribution in [0.1, 0.15) is 0 Å². The summed E-state index contributed by atoms with van der Waals surface area (Å²) in [6.45, 7) is 0. The Morgan fingerprint density at radius 1 is 0.594 bits per heavy atom. The number of nitro benzene ring substituents is 1. The van der Waals surface area contributed by atoms with Gasteiger partial charge >= 0.3 is 0 Å². The third kappa shape index (κ3) is 2.11. The highest BCUT2D eigenvalue weighted by atomic mass is 16.6. The number of benzene rings is 5. The van der Waals surface area contributed by atoms with Crippen LogP contribution in [0.2, 0.25) is 0 Å². The van der Waals surface area contributed by atoms with Crippen LogP contribution in [0, 0.1) is 10.1 Å². The topological polar surface area (TPSA) is 56.3 Å². The first-order chi connectivity index (χ1) is 15.7. The van der Waals surface area contributed by atoms with E-state index in [2.05, 4.69) is 12.1 Å². The van der Waals surface area contributed by atoms with Crippen LogP contribution >= 0.6 is 0 Å². The Hall–Kier alpha value is -4.44. The van der Waals surface area contributed by atoms with Gasteiger partial charge in [-0.15, -0.1) is 0 Å². The van der Waals surface area contributed by atoms with Gasteiger partial charge in [-0.1, -0.05) is 72.8 Å². The Balaban J connectivity index is 1.66. The molecule has 0 amide bonds. The van der Waals surface area contributed by atoms with Crippen LogP contribution < -0.4 is 0 Å². The van der Waals surface area contributed by atoms with E-state index in [0.29, 0.717) is 16.5 Å². The molecule has 0 unspecified atom stereocenters. The lowest BCUT2D eigenvalue weighted by Gasteiger charge is -2.10. The molecule has 5 aromatic carbocycles. The summed E-state index contributed by atoms with van der Waals surface area (Å²) in [6, 6.07) is 29.7. The summed E-state index contributed by atoms with van der Waals surface area (Å²) in [6.07, 6.45) is 0. The van der Waals surface area contributed by atoms with Crippen molar-refractivity contribution in [3.63, 3.8) is 0 Å². The third-order valence-electron chi connectivity index (χ3n) is 6.52. The zero-order valence-corrected chi connectivity index (χ0v) is 16.8. The molecule has 32 heavy (non-hydrogen) atoms. The lowest BCUT2D eigenvalue weighted by atomic mass is 9.93. The van der Waals surface area contributed by atoms with E-state index in [9.17, 15) is 10.1 Å². The fourth-order valence-corrected chi connectivity index (χ4v) is 5.22. The first-order valence-corrected chi connectivity index (χ1v) is 10.5. The Morgan fingerprint density at radius 3 is 2.03 bits per heavy atom. The predicted molar refractivity (Wildman–Crippen MR) is 128 cm³/mol. The maximum absolute atomic E-state index is 12.4. The van der Waals surface area contributed by atoms with Crippen LogP contribution in [-0.2, 0) is 0 Å². The molecule has 0 spiro atoms. The van der Waals surface area contributed by atoms with Crippen molar-refractivity contribution in [2.75, 3.05) is 0 Å². The molecule has 1 aromatic heterocycles. The summed E-state index contributed by atoms with van der Waals surface area (Å²) in [5.41, 5.74) is 7.17. The van der Waals surface area contributed by atoms with E-state index >= 15 is 0 Å². The molecular formula is C28H15NO3. The second-order valence-electron chi connectivity index (χ2n) is 8.13. The molecule has 0 bridgehead atoms.